The molecule has 224 valence electrons. The summed E-state index contributed by atoms with van der Waals surface area (Å²) in [4.78, 5) is 34.0. The van der Waals surface area contributed by atoms with Crippen molar-refractivity contribution in [2.24, 2.45) is 0 Å². The van der Waals surface area contributed by atoms with Crippen molar-refractivity contribution in [3.8, 4) is 11.1 Å². The van der Waals surface area contributed by atoms with Gasteiger partial charge in [0.25, 0.3) is 5.91 Å². The molecule has 2 saturated heterocycles. The topological polar surface area (TPSA) is 86.9 Å². The maximum Gasteiger partial charge on any atom is 0.251 e. The third kappa shape index (κ3) is 7.06. The Morgan fingerprint density at radius 2 is 1.71 bits per heavy atom. The highest BCUT2D eigenvalue weighted by Crippen LogP contribution is 2.34. The first-order chi connectivity index (χ1) is 20.3. The van der Waals surface area contributed by atoms with Crippen molar-refractivity contribution in [2.75, 3.05) is 51.0 Å². The molecule has 3 aromatic rings. The number of aromatic nitrogens is 1. The summed E-state index contributed by atoms with van der Waals surface area (Å²) in [5.74, 6) is -0.237. The van der Waals surface area contributed by atoms with Crippen LogP contribution in [0.1, 0.15) is 52.5 Å². The fourth-order valence-electron chi connectivity index (χ4n) is 5.95. The van der Waals surface area contributed by atoms with Gasteiger partial charge in [0, 0.05) is 75.0 Å². The van der Waals surface area contributed by atoms with Crippen LogP contribution in [0.15, 0.2) is 47.3 Å². The van der Waals surface area contributed by atoms with Gasteiger partial charge in [-0.25, -0.2) is 0 Å². The second-order valence-corrected chi connectivity index (χ2v) is 11.6. The number of morpholine rings is 1. The molecule has 2 aliphatic heterocycles. The predicted octanol–water partition coefficient (Wildman–Crippen LogP) is 5.08. The lowest BCUT2D eigenvalue weighted by Crippen LogP contribution is -2.40. The fraction of sp³-hybridized carbons (Fsp3) is 0.455. The monoisotopic (exact) mass is 592 g/mol. The highest BCUT2D eigenvalue weighted by Gasteiger charge is 2.25. The number of rotatable bonds is 9. The number of nitrogens with one attached hydrogen (secondary N) is 2. The lowest BCUT2D eigenvalue weighted by molar-refractivity contribution is 0.0342. The van der Waals surface area contributed by atoms with Crippen molar-refractivity contribution >= 4 is 23.2 Å². The van der Waals surface area contributed by atoms with Crippen LogP contribution in [0.3, 0.4) is 0 Å². The van der Waals surface area contributed by atoms with Gasteiger partial charge in [0.15, 0.2) is 5.43 Å². The smallest absolute Gasteiger partial charge is 0.251 e. The van der Waals surface area contributed by atoms with Gasteiger partial charge in [0.2, 0.25) is 0 Å². The van der Waals surface area contributed by atoms with E-state index >= 15 is 0 Å². The van der Waals surface area contributed by atoms with Gasteiger partial charge in [0.05, 0.1) is 18.8 Å². The number of amides is 1. The van der Waals surface area contributed by atoms with E-state index in [1.54, 1.807) is 6.92 Å². The van der Waals surface area contributed by atoms with Crippen LogP contribution in [0.25, 0.3) is 11.1 Å². The van der Waals surface area contributed by atoms with E-state index in [1.165, 1.54) is 11.6 Å². The molecule has 0 unspecified atom stereocenters. The van der Waals surface area contributed by atoms with Crippen LogP contribution in [0, 0.1) is 13.8 Å². The molecular formula is C33H41ClN4O4. The number of anilines is 1. The Hall–Kier alpha value is -3.17. The van der Waals surface area contributed by atoms with E-state index in [2.05, 4.69) is 57.4 Å². The fourth-order valence-corrected chi connectivity index (χ4v) is 6.26. The summed E-state index contributed by atoms with van der Waals surface area (Å²) in [5.41, 5.74) is 6.67. The van der Waals surface area contributed by atoms with E-state index in [9.17, 15) is 9.59 Å². The van der Waals surface area contributed by atoms with Gasteiger partial charge in [-0.2, -0.15) is 0 Å². The molecule has 2 aromatic carbocycles. The Bertz CT molecular complexity index is 1440. The van der Waals surface area contributed by atoms with Crippen LogP contribution in [0.4, 0.5) is 5.69 Å². The molecule has 2 N–H and O–H groups in total. The molecule has 0 saturated carbocycles. The zero-order valence-electron chi connectivity index (χ0n) is 24.8. The maximum atomic E-state index is 13.7. The summed E-state index contributed by atoms with van der Waals surface area (Å²) >= 11 is 6.31. The third-order valence-electron chi connectivity index (χ3n) is 8.35. The van der Waals surface area contributed by atoms with E-state index in [0.717, 1.165) is 87.8 Å². The molecule has 0 aliphatic carbocycles. The Balaban J connectivity index is 1.46. The minimum atomic E-state index is -0.237. The van der Waals surface area contributed by atoms with Crippen molar-refractivity contribution in [3.05, 3.63) is 85.8 Å². The Morgan fingerprint density at radius 3 is 2.38 bits per heavy atom. The normalized spacial score (nSPS) is 16.4. The molecule has 1 aromatic heterocycles. The molecule has 0 spiro atoms. The van der Waals surface area contributed by atoms with Crippen molar-refractivity contribution < 1.29 is 14.3 Å². The van der Waals surface area contributed by atoms with Gasteiger partial charge in [-0.3, -0.25) is 14.5 Å². The highest BCUT2D eigenvalue weighted by atomic mass is 35.5. The number of halogens is 1. The SMILES string of the molecule is CCN(c1cc(-c2ccc(CN3CCOCC3)cc2)cc(C(=O)NCc2c(Cl)[nH]c(C)cc2=O)c1C)C1CCOCC1. The lowest BCUT2D eigenvalue weighted by atomic mass is 9.94. The van der Waals surface area contributed by atoms with Crippen LogP contribution in [0.5, 0.6) is 0 Å². The summed E-state index contributed by atoms with van der Waals surface area (Å²) < 4.78 is 11.1. The molecule has 3 heterocycles. The number of aryl methyl sites for hydroxylation is 1. The molecular weight excluding hydrogens is 552 g/mol. The van der Waals surface area contributed by atoms with Crippen LogP contribution in [-0.2, 0) is 22.6 Å². The van der Waals surface area contributed by atoms with Crippen LogP contribution >= 0.6 is 11.6 Å². The summed E-state index contributed by atoms with van der Waals surface area (Å²) in [6.45, 7) is 12.6. The molecule has 9 heteroatoms. The molecule has 2 aliphatic rings. The minimum absolute atomic E-state index is 0.0416. The van der Waals surface area contributed by atoms with Gasteiger partial charge in [-0.05, 0) is 68.0 Å². The zero-order valence-corrected chi connectivity index (χ0v) is 25.6. The maximum absolute atomic E-state index is 13.7. The molecule has 0 bridgehead atoms. The number of hydrogen-bond donors (Lipinski definition) is 2. The summed E-state index contributed by atoms with van der Waals surface area (Å²) in [5, 5.41) is 3.21. The molecule has 42 heavy (non-hydrogen) atoms. The minimum Gasteiger partial charge on any atom is -0.381 e. The summed E-state index contributed by atoms with van der Waals surface area (Å²) in [7, 11) is 0. The van der Waals surface area contributed by atoms with Crippen molar-refractivity contribution in [1.29, 1.82) is 0 Å². The Labute approximate surface area is 253 Å². The predicted molar refractivity (Wildman–Crippen MR) is 168 cm³/mol. The highest BCUT2D eigenvalue weighted by molar-refractivity contribution is 6.30. The molecule has 8 nitrogen and oxygen atoms in total. The Morgan fingerprint density at radius 1 is 1.02 bits per heavy atom. The number of aromatic amines is 1. The van der Waals surface area contributed by atoms with E-state index in [1.807, 2.05) is 13.0 Å². The largest absolute Gasteiger partial charge is 0.381 e. The van der Waals surface area contributed by atoms with Gasteiger partial charge in [-0.15, -0.1) is 0 Å². The van der Waals surface area contributed by atoms with Crippen LogP contribution < -0.4 is 15.6 Å². The quantitative estimate of drug-likeness (QED) is 0.337. The molecule has 0 radical (unpaired) electrons. The average Bonchev–Trinajstić information content (AvgIpc) is 2.99. The number of ether oxygens (including phenoxy) is 2. The van der Waals surface area contributed by atoms with Crippen molar-refractivity contribution in [2.45, 2.75) is 52.7 Å². The first-order valence-corrected chi connectivity index (χ1v) is 15.3. The molecule has 5 rings (SSSR count). The number of carbonyl (C=O) groups is 1. The second-order valence-electron chi connectivity index (χ2n) is 11.2. The third-order valence-corrected chi connectivity index (χ3v) is 8.67. The Kier molecular flexibility index (Phi) is 10.0. The number of pyridine rings is 1. The van der Waals surface area contributed by atoms with Crippen LogP contribution in [-0.4, -0.2) is 67.9 Å². The van der Waals surface area contributed by atoms with Gasteiger partial charge < -0.3 is 24.7 Å². The molecule has 1 amide bonds. The number of hydrogen-bond acceptors (Lipinski definition) is 6. The second kappa shape index (κ2) is 13.9. The number of benzene rings is 2. The van der Waals surface area contributed by atoms with Gasteiger partial charge in [-0.1, -0.05) is 35.9 Å². The summed E-state index contributed by atoms with van der Waals surface area (Å²) in [6, 6.07) is 14.6. The lowest BCUT2D eigenvalue weighted by Gasteiger charge is -2.37. The van der Waals surface area contributed by atoms with Gasteiger partial charge >= 0.3 is 0 Å². The first-order valence-electron chi connectivity index (χ1n) is 14.9. The van der Waals surface area contributed by atoms with E-state index < -0.39 is 0 Å². The zero-order chi connectivity index (χ0) is 29.6. The number of nitrogens with zero attached hydrogens (tertiary/aromatic N) is 2. The number of H-pyrrole nitrogens is 1. The van der Waals surface area contributed by atoms with E-state index in [4.69, 9.17) is 21.1 Å². The standard InChI is InChI=1S/C33H41ClN4O4/c1-4-38(27-9-13-41-14-10-27)30-19-26(25-7-5-24(6-8-25)21-37-11-15-42-16-12-37)18-28(23(30)3)33(40)35-20-29-31(39)17-22(2)36-32(29)34/h5-8,17-19,27H,4,9-16,20-21H2,1-3H3,(H,35,40)(H,36,39). The van der Waals surface area contributed by atoms with Crippen molar-refractivity contribution in [3.63, 3.8) is 0 Å². The van der Waals surface area contributed by atoms with Crippen LogP contribution in [0.2, 0.25) is 5.15 Å². The van der Waals surface area contributed by atoms with Gasteiger partial charge in [0.1, 0.15) is 5.15 Å². The van der Waals surface area contributed by atoms with E-state index in [-0.39, 0.29) is 23.0 Å². The first kappa shape index (κ1) is 30.3. The molecule has 2 fully saturated rings. The summed E-state index contributed by atoms with van der Waals surface area (Å²) in [6.07, 6.45) is 1.90. The molecule has 0 atom stereocenters. The van der Waals surface area contributed by atoms with E-state index in [0.29, 0.717) is 22.9 Å². The van der Waals surface area contributed by atoms with Crippen molar-refractivity contribution in [1.82, 2.24) is 15.2 Å². The average molecular weight is 593 g/mol. The number of carbonyl (C=O) groups excluding carboxylic acids is 1.